The topological polar surface area (TPSA) is 81.1 Å². The van der Waals surface area contributed by atoms with Crippen LogP contribution in [-0.2, 0) is 4.79 Å². The Kier molecular flexibility index (Phi) is 4.31. The molecule has 1 aromatic rings. The molecule has 0 saturated heterocycles. The largest absolute Gasteiger partial charge is 0.399 e. The van der Waals surface area contributed by atoms with E-state index in [0.29, 0.717) is 23.7 Å². The lowest BCUT2D eigenvalue weighted by Crippen LogP contribution is -2.36. The van der Waals surface area contributed by atoms with Crippen molar-refractivity contribution in [3.05, 3.63) is 24.3 Å². The fourth-order valence-electron chi connectivity index (χ4n) is 1.47. The molecule has 1 unspecified atom stereocenters. The average molecular weight is 221 g/mol. The summed E-state index contributed by atoms with van der Waals surface area (Å²) in [5, 5.41) is 2.74. The van der Waals surface area contributed by atoms with E-state index in [-0.39, 0.29) is 5.91 Å². The van der Waals surface area contributed by atoms with Gasteiger partial charge < -0.3 is 16.8 Å². The van der Waals surface area contributed by atoms with E-state index in [2.05, 4.69) is 5.32 Å². The number of hydrogen-bond acceptors (Lipinski definition) is 3. The number of anilines is 2. The van der Waals surface area contributed by atoms with Gasteiger partial charge in [-0.05, 0) is 30.5 Å². The Morgan fingerprint density at radius 2 is 2.12 bits per heavy atom. The zero-order chi connectivity index (χ0) is 12.1. The van der Waals surface area contributed by atoms with E-state index >= 15 is 0 Å². The van der Waals surface area contributed by atoms with E-state index in [4.69, 9.17) is 11.5 Å². The minimum Gasteiger partial charge on any atom is -0.399 e. The minimum atomic E-state index is -0.471. The Bertz CT molecular complexity index is 363. The summed E-state index contributed by atoms with van der Waals surface area (Å²) in [5.41, 5.74) is 12.7. The van der Waals surface area contributed by atoms with Crippen LogP contribution in [0, 0.1) is 5.92 Å². The number of nitrogens with two attached hydrogens (primary N) is 2. The zero-order valence-electron chi connectivity index (χ0n) is 9.73. The SMILES string of the molecule is CC(C)CC(N)C(=O)Nc1cccc(N)c1. The summed E-state index contributed by atoms with van der Waals surface area (Å²) in [4.78, 5) is 11.7. The van der Waals surface area contributed by atoms with Gasteiger partial charge in [0.25, 0.3) is 0 Å². The molecule has 0 aliphatic rings. The van der Waals surface area contributed by atoms with Gasteiger partial charge in [-0.3, -0.25) is 4.79 Å². The fourth-order valence-corrected chi connectivity index (χ4v) is 1.47. The fraction of sp³-hybridized carbons (Fsp3) is 0.417. The Morgan fingerprint density at radius 3 is 2.69 bits per heavy atom. The molecule has 0 saturated carbocycles. The van der Waals surface area contributed by atoms with Gasteiger partial charge in [-0.2, -0.15) is 0 Å². The smallest absolute Gasteiger partial charge is 0.241 e. The van der Waals surface area contributed by atoms with Gasteiger partial charge in [-0.15, -0.1) is 0 Å². The molecule has 5 N–H and O–H groups in total. The van der Waals surface area contributed by atoms with Gasteiger partial charge in [0.15, 0.2) is 0 Å². The number of nitrogen functional groups attached to an aromatic ring is 1. The lowest BCUT2D eigenvalue weighted by Gasteiger charge is -2.14. The van der Waals surface area contributed by atoms with Crippen molar-refractivity contribution in [1.29, 1.82) is 0 Å². The van der Waals surface area contributed by atoms with E-state index in [1.54, 1.807) is 24.3 Å². The van der Waals surface area contributed by atoms with Crippen molar-refractivity contribution >= 4 is 17.3 Å². The van der Waals surface area contributed by atoms with Crippen molar-refractivity contribution in [3.8, 4) is 0 Å². The van der Waals surface area contributed by atoms with Crippen LogP contribution in [-0.4, -0.2) is 11.9 Å². The average Bonchev–Trinajstić information content (AvgIpc) is 2.16. The predicted molar refractivity (Wildman–Crippen MR) is 66.9 cm³/mol. The highest BCUT2D eigenvalue weighted by molar-refractivity contribution is 5.94. The summed E-state index contributed by atoms with van der Waals surface area (Å²) in [6.07, 6.45) is 0.675. The monoisotopic (exact) mass is 221 g/mol. The Morgan fingerprint density at radius 1 is 1.44 bits per heavy atom. The number of nitrogens with one attached hydrogen (secondary N) is 1. The van der Waals surface area contributed by atoms with E-state index in [0.717, 1.165) is 0 Å². The Hall–Kier alpha value is -1.55. The number of benzene rings is 1. The molecule has 88 valence electrons. The molecule has 0 heterocycles. The summed E-state index contributed by atoms with van der Waals surface area (Å²) in [7, 11) is 0. The summed E-state index contributed by atoms with van der Waals surface area (Å²) in [6.45, 7) is 4.07. The molecule has 0 spiro atoms. The van der Waals surface area contributed by atoms with Crippen LogP contribution in [0.25, 0.3) is 0 Å². The zero-order valence-corrected chi connectivity index (χ0v) is 9.73. The second kappa shape index (κ2) is 5.51. The van der Waals surface area contributed by atoms with E-state index in [1.807, 2.05) is 13.8 Å². The minimum absolute atomic E-state index is 0.167. The quantitative estimate of drug-likeness (QED) is 0.675. The Labute approximate surface area is 96.0 Å². The van der Waals surface area contributed by atoms with Crippen LogP contribution in [0.4, 0.5) is 11.4 Å². The van der Waals surface area contributed by atoms with Crippen LogP contribution in [0.15, 0.2) is 24.3 Å². The van der Waals surface area contributed by atoms with Gasteiger partial charge in [0, 0.05) is 11.4 Å². The molecule has 16 heavy (non-hydrogen) atoms. The van der Waals surface area contributed by atoms with Crippen molar-refractivity contribution in [1.82, 2.24) is 0 Å². The van der Waals surface area contributed by atoms with Crippen molar-refractivity contribution in [2.75, 3.05) is 11.1 Å². The third-order valence-corrected chi connectivity index (χ3v) is 2.22. The normalized spacial score (nSPS) is 12.5. The molecular formula is C12H19N3O. The highest BCUT2D eigenvalue weighted by Gasteiger charge is 2.14. The lowest BCUT2D eigenvalue weighted by molar-refractivity contribution is -0.117. The molecule has 0 radical (unpaired) electrons. The van der Waals surface area contributed by atoms with E-state index in [9.17, 15) is 4.79 Å². The van der Waals surface area contributed by atoms with Gasteiger partial charge in [-0.1, -0.05) is 19.9 Å². The van der Waals surface area contributed by atoms with Gasteiger partial charge in [-0.25, -0.2) is 0 Å². The van der Waals surface area contributed by atoms with Crippen LogP contribution in [0.5, 0.6) is 0 Å². The van der Waals surface area contributed by atoms with Gasteiger partial charge in [0.05, 0.1) is 6.04 Å². The van der Waals surface area contributed by atoms with Gasteiger partial charge >= 0.3 is 0 Å². The van der Waals surface area contributed by atoms with Crippen molar-refractivity contribution in [3.63, 3.8) is 0 Å². The molecule has 4 heteroatoms. The second-order valence-electron chi connectivity index (χ2n) is 4.35. The first-order valence-electron chi connectivity index (χ1n) is 5.41. The molecule has 4 nitrogen and oxygen atoms in total. The van der Waals surface area contributed by atoms with Crippen molar-refractivity contribution < 1.29 is 4.79 Å². The summed E-state index contributed by atoms with van der Waals surface area (Å²) >= 11 is 0. The number of hydrogen-bond donors (Lipinski definition) is 3. The third kappa shape index (κ3) is 3.90. The van der Waals surface area contributed by atoms with E-state index < -0.39 is 6.04 Å². The summed E-state index contributed by atoms with van der Waals surface area (Å²) in [5.74, 6) is 0.237. The number of amides is 1. The lowest BCUT2D eigenvalue weighted by atomic mass is 10.0. The number of rotatable bonds is 4. The maximum Gasteiger partial charge on any atom is 0.241 e. The molecule has 0 bridgehead atoms. The van der Waals surface area contributed by atoms with Crippen molar-refractivity contribution in [2.24, 2.45) is 11.7 Å². The molecular weight excluding hydrogens is 202 g/mol. The van der Waals surface area contributed by atoms with Crippen LogP contribution in [0.3, 0.4) is 0 Å². The Balaban J connectivity index is 2.57. The first-order chi connectivity index (χ1) is 7.49. The molecule has 0 fully saturated rings. The van der Waals surface area contributed by atoms with Crippen LogP contribution in [0.2, 0.25) is 0 Å². The van der Waals surface area contributed by atoms with Crippen LogP contribution < -0.4 is 16.8 Å². The van der Waals surface area contributed by atoms with Crippen LogP contribution >= 0.6 is 0 Å². The van der Waals surface area contributed by atoms with E-state index in [1.165, 1.54) is 0 Å². The maximum atomic E-state index is 11.7. The molecule has 0 aliphatic carbocycles. The molecule has 1 aromatic carbocycles. The number of carbonyl (C=O) groups excluding carboxylic acids is 1. The second-order valence-corrected chi connectivity index (χ2v) is 4.35. The first kappa shape index (κ1) is 12.5. The predicted octanol–water partition coefficient (Wildman–Crippen LogP) is 1.58. The third-order valence-electron chi connectivity index (χ3n) is 2.22. The molecule has 1 rings (SSSR count). The summed E-state index contributed by atoms with van der Waals surface area (Å²) < 4.78 is 0. The number of carbonyl (C=O) groups is 1. The molecule has 0 aliphatic heterocycles. The highest BCUT2D eigenvalue weighted by atomic mass is 16.2. The van der Waals surface area contributed by atoms with Crippen molar-refractivity contribution in [2.45, 2.75) is 26.3 Å². The molecule has 1 atom stereocenters. The first-order valence-corrected chi connectivity index (χ1v) is 5.41. The molecule has 0 aromatic heterocycles. The maximum absolute atomic E-state index is 11.7. The van der Waals surface area contributed by atoms with Crippen LogP contribution in [0.1, 0.15) is 20.3 Å². The summed E-state index contributed by atoms with van der Waals surface area (Å²) in [6, 6.07) is 6.58. The standard InChI is InChI=1S/C12H19N3O/c1-8(2)6-11(14)12(16)15-10-5-3-4-9(13)7-10/h3-5,7-8,11H,6,13-14H2,1-2H3,(H,15,16). The highest BCUT2D eigenvalue weighted by Crippen LogP contribution is 2.12. The van der Waals surface area contributed by atoms with Gasteiger partial charge in [0.2, 0.25) is 5.91 Å². The van der Waals surface area contributed by atoms with Gasteiger partial charge in [0.1, 0.15) is 0 Å². The molecule has 1 amide bonds.